The molecule has 0 saturated carbocycles. The smallest absolute Gasteiger partial charge is 0.418 e. The Labute approximate surface area is 189 Å². The number of rotatable bonds is 6. The Morgan fingerprint density at radius 3 is 2.55 bits per heavy atom. The molecule has 0 bridgehead atoms. The third-order valence-corrected chi connectivity index (χ3v) is 5.41. The first kappa shape index (κ1) is 22.8. The van der Waals surface area contributed by atoms with Crippen LogP contribution in [-0.4, -0.2) is 37.2 Å². The van der Waals surface area contributed by atoms with Gasteiger partial charge in [-0.15, -0.1) is 0 Å². The zero-order valence-corrected chi connectivity index (χ0v) is 18.1. The summed E-state index contributed by atoms with van der Waals surface area (Å²) in [7, 11) is 0. The molecular formula is C24H24F3N3O3. The average Bonchev–Trinajstić information content (AvgIpc) is 3.27. The van der Waals surface area contributed by atoms with Crippen LogP contribution in [0.3, 0.4) is 0 Å². The Bertz CT molecular complexity index is 1100. The molecule has 1 saturated heterocycles. The van der Waals surface area contributed by atoms with Crippen LogP contribution in [0.1, 0.15) is 23.4 Å². The molecular weight excluding hydrogens is 435 g/mol. The summed E-state index contributed by atoms with van der Waals surface area (Å²) in [6.45, 7) is 3.95. The zero-order valence-electron chi connectivity index (χ0n) is 18.1. The minimum atomic E-state index is -4.60. The number of carbonyl (C=O) groups is 1. The van der Waals surface area contributed by atoms with Gasteiger partial charge in [0.1, 0.15) is 0 Å². The topological polar surface area (TPSA) is 67.6 Å². The Kier molecular flexibility index (Phi) is 6.69. The predicted octanol–water partition coefficient (Wildman–Crippen LogP) is 5.08. The number of oxazole rings is 1. The van der Waals surface area contributed by atoms with Crippen LogP contribution in [0, 0.1) is 6.92 Å². The lowest BCUT2D eigenvalue weighted by molar-refractivity contribution is -0.136. The summed E-state index contributed by atoms with van der Waals surface area (Å²) >= 11 is 0. The Morgan fingerprint density at radius 2 is 1.85 bits per heavy atom. The van der Waals surface area contributed by atoms with Crippen LogP contribution in [0.15, 0.2) is 53.1 Å². The SMILES string of the molecule is Cc1ccc(-c2cnc(CCC(=O)Nc3ccc(N4CCOCC4)cc3C(F)(F)F)o2)cc1. The van der Waals surface area contributed by atoms with Gasteiger partial charge < -0.3 is 19.4 Å². The second-order valence-corrected chi connectivity index (χ2v) is 7.86. The monoisotopic (exact) mass is 459 g/mol. The highest BCUT2D eigenvalue weighted by Crippen LogP contribution is 2.37. The number of hydrogen-bond acceptors (Lipinski definition) is 5. The molecule has 1 aromatic heterocycles. The first-order chi connectivity index (χ1) is 15.8. The van der Waals surface area contributed by atoms with E-state index in [4.69, 9.17) is 9.15 Å². The van der Waals surface area contributed by atoms with E-state index in [9.17, 15) is 18.0 Å². The fourth-order valence-corrected chi connectivity index (χ4v) is 3.60. The van der Waals surface area contributed by atoms with Gasteiger partial charge in [-0.05, 0) is 25.1 Å². The maximum Gasteiger partial charge on any atom is 0.418 e. The van der Waals surface area contributed by atoms with Crippen molar-refractivity contribution in [3.63, 3.8) is 0 Å². The highest BCUT2D eigenvalue weighted by Gasteiger charge is 2.35. The predicted molar refractivity (Wildman–Crippen MR) is 118 cm³/mol. The van der Waals surface area contributed by atoms with Crippen molar-refractivity contribution in [1.29, 1.82) is 0 Å². The third kappa shape index (κ3) is 5.73. The Morgan fingerprint density at radius 1 is 1.12 bits per heavy atom. The normalized spacial score (nSPS) is 14.4. The van der Waals surface area contributed by atoms with Crippen LogP contribution in [0.5, 0.6) is 0 Å². The van der Waals surface area contributed by atoms with Crippen LogP contribution in [0.25, 0.3) is 11.3 Å². The molecule has 9 heteroatoms. The van der Waals surface area contributed by atoms with E-state index >= 15 is 0 Å². The number of aromatic nitrogens is 1. The van der Waals surface area contributed by atoms with Gasteiger partial charge in [-0.25, -0.2) is 4.98 Å². The molecule has 2 heterocycles. The number of amides is 1. The van der Waals surface area contributed by atoms with Gasteiger partial charge in [-0.2, -0.15) is 13.2 Å². The van der Waals surface area contributed by atoms with E-state index in [2.05, 4.69) is 10.3 Å². The number of nitrogens with zero attached hydrogens (tertiary/aromatic N) is 2. The largest absolute Gasteiger partial charge is 0.441 e. The van der Waals surface area contributed by atoms with Gasteiger partial charge in [-0.1, -0.05) is 29.8 Å². The summed E-state index contributed by atoms with van der Waals surface area (Å²) in [5.41, 5.74) is 1.28. The van der Waals surface area contributed by atoms with Crippen LogP contribution in [0.2, 0.25) is 0 Å². The number of benzene rings is 2. The van der Waals surface area contributed by atoms with Crippen molar-refractivity contribution in [1.82, 2.24) is 4.98 Å². The van der Waals surface area contributed by atoms with E-state index in [1.165, 1.54) is 6.07 Å². The number of aryl methyl sites for hydroxylation is 2. The number of alkyl halides is 3. The van der Waals surface area contributed by atoms with Gasteiger partial charge in [0.2, 0.25) is 5.91 Å². The summed E-state index contributed by atoms with van der Waals surface area (Å²) in [5.74, 6) is 0.373. The van der Waals surface area contributed by atoms with Crippen molar-refractivity contribution in [3.8, 4) is 11.3 Å². The lowest BCUT2D eigenvalue weighted by atomic mass is 10.1. The van der Waals surface area contributed by atoms with Gasteiger partial charge in [0.25, 0.3) is 0 Å². The molecule has 0 spiro atoms. The summed E-state index contributed by atoms with van der Waals surface area (Å²) in [4.78, 5) is 18.4. The number of carbonyl (C=O) groups excluding carboxylic acids is 1. The molecule has 1 aliphatic rings. The first-order valence-electron chi connectivity index (χ1n) is 10.6. The molecule has 4 rings (SSSR count). The second-order valence-electron chi connectivity index (χ2n) is 7.86. The molecule has 0 unspecified atom stereocenters. The first-order valence-corrected chi connectivity index (χ1v) is 10.6. The average molecular weight is 459 g/mol. The molecule has 2 aromatic carbocycles. The molecule has 1 amide bonds. The van der Waals surface area contributed by atoms with Crippen molar-refractivity contribution in [2.24, 2.45) is 0 Å². The number of nitrogens with one attached hydrogen (secondary N) is 1. The maximum absolute atomic E-state index is 13.7. The van der Waals surface area contributed by atoms with Crippen molar-refractivity contribution in [3.05, 3.63) is 65.7 Å². The minimum Gasteiger partial charge on any atom is -0.441 e. The van der Waals surface area contributed by atoms with Gasteiger partial charge in [0, 0.05) is 37.2 Å². The second kappa shape index (κ2) is 9.66. The fourth-order valence-electron chi connectivity index (χ4n) is 3.60. The molecule has 1 fully saturated rings. The van der Waals surface area contributed by atoms with Crippen LogP contribution >= 0.6 is 0 Å². The number of halogens is 3. The molecule has 0 aliphatic carbocycles. The summed E-state index contributed by atoms with van der Waals surface area (Å²) in [6, 6.07) is 11.7. The number of ether oxygens (including phenoxy) is 1. The Balaban J connectivity index is 1.41. The van der Waals surface area contributed by atoms with E-state index in [0.29, 0.717) is 43.6 Å². The van der Waals surface area contributed by atoms with Crippen LogP contribution < -0.4 is 10.2 Å². The highest BCUT2D eigenvalue weighted by atomic mass is 19.4. The standard InChI is InChI=1S/C24H24F3N3O3/c1-16-2-4-17(5-3-16)21-15-28-23(33-21)9-8-22(31)29-20-7-6-18(14-19(20)24(25,26)27)30-10-12-32-13-11-30/h2-7,14-15H,8-13H2,1H3,(H,29,31). The van der Waals surface area contributed by atoms with E-state index in [1.54, 1.807) is 12.3 Å². The number of hydrogen-bond donors (Lipinski definition) is 1. The summed E-state index contributed by atoms with van der Waals surface area (Å²) in [5, 5.41) is 2.39. The van der Waals surface area contributed by atoms with Crippen molar-refractivity contribution in [2.75, 3.05) is 36.5 Å². The molecule has 174 valence electrons. The van der Waals surface area contributed by atoms with Crippen LogP contribution in [0.4, 0.5) is 24.5 Å². The van der Waals surface area contributed by atoms with Gasteiger partial charge in [0.05, 0.1) is 30.7 Å². The highest BCUT2D eigenvalue weighted by molar-refractivity contribution is 5.92. The number of morpholine rings is 1. The number of anilines is 2. The quantitative estimate of drug-likeness (QED) is 0.557. The van der Waals surface area contributed by atoms with Gasteiger partial charge in [-0.3, -0.25) is 4.79 Å². The molecule has 0 atom stereocenters. The lowest BCUT2D eigenvalue weighted by Crippen LogP contribution is -2.36. The third-order valence-electron chi connectivity index (χ3n) is 5.41. The molecule has 1 aliphatic heterocycles. The van der Waals surface area contributed by atoms with E-state index < -0.39 is 17.6 Å². The molecule has 6 nitrogen and oxygen atoms in total. The lowest BCUT2D eigenvalue weighted by Gasteiger charge is -2.29. The van der Waals surface area contributed by atoms with E-state index in [1.807, 2.05) is 36.1 Å². The maximum atomic E-state index is 13.7. The van der Waals surface area contributed by atoms with Crippen LogP contribution in [-0.2, 0) is 22.1 Å². The summed E-state index contributed by atoms with van der Waals surface area (Å²) < 4.78 is 51.9. The molecule has 1 N–H and O–H groups in total. The van der Waals surface area contributed by atoms with Gasteiger partial charge >= 0.3 is 6.18 Å². The summed E-state index contributed by atoms with van der Waals surface area (Å²) in [6.07, 6.45) is -2.91. The van der Waals surface area contributed by atoms with Gasteiger partial charge in [0.15, 0.2) is 11.7 Å². The van der Waals surface area contributed by atoms with Crippen molar-refractivity contribution < 1.29 is 27.1 Å². The van der Waals surface area contributed by atoms with E-state index in [0.717, 1.165) is 17.2 Å². The molecule has 3 aromatic rings. The molecule has 33 heavy (non-hydrogen) atoms. The Hall–Kier alpha value is -3.33. The fraction of sp³-hybridized carbons (Fsp3) is 0.333. The van der Waals surface area contributed by atoms with E-state index in [-0.39, 0.29) is 18.5 Å². The van der Waals surface area contributed by atoms with Crippen molar-refractivity contribution in [2.45, 2.75) is 25.9 Å². The molecule has 0 radical (unpaired) electrons. The minimum absolute atomic E-state index is 0.0592. The zero-order chi connectivity index (χ0) is 23.4. The van der Waals surface area contributed by atoms with Crippen molar-refractivity contribution >= 4 is 17.3 Å².